The fraction of sp³-hybridized carbons (Fsp3) is 0.481. The fourth-order valence-corrected chi connectivity index (χ4v) is 6.34. The van der Waals surface area contributed by atoms with Crippen LogP contribution in [-0.2, 0) is 26.2 Å². The number of sulfonamides is 1. The van der Waals surface area contributed by atoms with E-state index in [2.05, 4.69) is 5.32 Å². The Hall–Kier alpha value is -2.69. The lowest BCUT2D eigenvalue weighted by Gasteiger charge is -2.33. The van der Waals surface area contributed by atoms with Gasteiger partial charge in [-0.1, -0.05) is 48.5 Å². The van der Waals surface area contributed by atoms with Gasteiger partial charge >= 0.3 is 0 Å². The van der Waals surface area contributed by atoms with Crippen molar-refractivity contribution in [2.45, 2.75) is 64.6 Å². The summed E-state index contributed by atoms with van der Waals surface area (Å²) in [5.74, 6) is -0.250. The van der Waals surface area contributed by atoms with Gasteiger partial charge in [0.1, 0.15) is 12.6 Å². The monoisotopic (exact) mass is 597 g/mol. The van der Waals surface area contributed by atoms with E-state index in [4.69, 9.17) is 32.7 Å². The number of carbonyl (C=O) groups is 2. The summed E-state index contributed by atoms with van der Waals surface area (Å²) in [5.41, 5.74) is 0.726. The molecule has 2 aliphatic rings. The molecule has 9 nitrogen and oxygen atoms in total. The highest BCUT2D eigenvalue weighted by Crippen LogP contribution is 2.36. The molecule has 39 heavy (non-hydrogen) atoms. The Kier molecular flexibility index (Phi) is 9.51. The van der Waals surface area contributed by atoms with Gasteiger partial charge in [-0.15, -0.1) is 0 Å². The molecule has 12 heteroatoms. The third-order valence-electron chi connectivity index (χ3n) is 7.13. The lowest BCUT2D eigenvalue weighted by molar-refractivity contribution is -0.139. The van der Waals surface area contributed by atoms with Crippen LogP contribution in [0.2, 0.25) is 10.0 Å². The van der Waals surface area contributed by atoms with Gasteiger partial charge in [-0.2, -0.15) is 0 Å². The maximum absolute atomic E-state index is 13.9. The van der Waals surface area contributed by atoms with E-state index in [9.17, 15) is 18.0 Å². The topological polar surface area (TPSA) is 105 Å². The standard InChI is InChI=1S/C27H33Cl2N3O6S/c1-3-39(35,36)32(20-12-13-24-25(14-20)38-17-37-24)16-26(33)31(15-21-22(28)10-7-11-23(21)29)18(2)27(34)30-19-8-5-4-6-9-19/h7,10-14,18-19H,3-6,8-9,15-17H2,1-2H3,(H,30,34)/t18-/m1/s1. The Balaban J connectivity index is 1.64. The summed E-state index contributed by atoms with van der Waals surface area (Å²) in [4.78, 5) is 28.5. The molecule has 0 aromatic heterocycles. The molecule has 0 unspecified atom stereocenters. The first-order valence-corrected chi connectivity index (χ1v) is 15.4. The fourth-order valence-electron chi connectivity index (χ4n) is 4.77. The molecular formula is C27H33Cl2N3O6S. The van der Waals surface area contributed by atoms with E-state index < -0.39 is 28.5 Å². The van der Waals surface area contributed by atoms with Gasteiger partial charge in [0.25, 0.3) is 0 Å². The maximum atomic E-state index is 13.9. The molecule has 0 spiro atoms. The minimum atomic E-state index is -3.88. The predicted molar refractivity (Wildman–Crippen MR) is 151 cm³/mol. The smallest absolute Gasteiger partial charge is 0.244 e. The number of nitrogens with zero attached hydrogens (tertiary/aromatic N) is 2. The number of carbonyl (C=O) groups excluding carboxylic acids is 2. The van der Waals surface area contributed by atoms with Crippen molar-refractivity contribution in [1.29, 1.82) is 0 Å². The summed E-state index contributed by atoms with van der Waals surface area (Å²) in [6, 6.07) is 8.81. The van der Waals surface area contributed by atoms with Gasteiger partial charge in [0.05, 0.1) is 11.4 Å². The molecule has 1 saturated carbocycles. The Morgan fingerprint density at radius 3 is 2.38 bits per heavy atom. The SMILES string of the molecule is CCS(=O)(=O)N(CC(=O)N(Cc1c(Cl)cccc1Cl)[C@H](C)C(=O)NC1CCCCC1)c1ccc2c(c1)OCO2. The number of hydrogen-bond acceptors (Lipinski definition) is 6. The highest BCUT2D eigenvalue weighted by Gasteiger charge is 2.33. The molecule has 1 atom stereocenters. The highest BCUT2D eigenvalue weighted by molar-refractivity contribution is 7.92. The summed E-state index contributed by atoms with van der Waals surface area (Å²) in [7, 11) is -3.88. The number of benzene rings is 2. The zero-order valence-corrected chi connectivity index (χ0v) is 24.3. The summed E-state index contributed by atoms with van der Waals surface area (Å²) in [6.45, 7) is 2.55. The number of hydrogen-bond donors (Lipinski definition) is 1. The van der Waals surface area contributed by atoms with Crippen LogP contribution in [0.25, 0.3) is 0 Å². The molecule has 2 amide bonds. The average molecular weight is 599 g/mol. The van der Waals surface area contributed by atoms with E-state index in [0.717, 1.165) is 36.4 Å². The number of amides is 2. The molecule has 0 bridgehead atoms. The summed E-state index contributed by atoms with van der Waals surface area (Å²) >= 11 is 12.8. The van der Waals surface area contributed by atoms with Gasteiger partial charge in [-0.25, -0.2) is 8.42 Å². The van der Waals surface area contributed by atoms with Crippen LogP contribution in [0.15, 0.2) is 36.4 Å². The van der Waals surface area contributed by atoms with Crippen molar-refractivity contribution < 1.29 is 27.5 Å². The molecule has 0 saturated heterocycles. The van der Waals surface area contributed by atoms with Crippen LogP contribution in [0.1, 0.15) is 51.5 Å². The van der Waals surface area contributed by atoms with E-state index >= 15 is 0 Å². The van der Waals surface area contributed by atoms with Crippen LogP contribution >= 0.6 is 23.2 Å². The lowest BCUT2D eigenvalue weighted by Crippen LogP contribution is -2.53. The number of fused-ring (bicyclic) bond motifs is 1. The first-order valence-electron chi connectivity index (χ1n) is 13.0. The zero-order valence-electron chi connectivity index (χ0n) is 22.0. The van der Waals surface area contributed by atoms with Crippen molar-refractivity contribution >= 4 is 50.7 Å². The van der Waals surface area contributed by atoms with Gasteiger partial charge in [0.2, 0.25) is 28.6 Å². The van der Waals surface area contributed by atoms with Crippen molar-refractivity contribution in [3.05, 3.63) is 52.0 Å². The summed E-state index contributed by atoms with van der Waals surface area (Å²) < 4.78 is 38.1. The quantitative estimate of drug-likeness (QED) is 0.424. The van der Waals surface area contributed by atoms with Crippen molar-refractivity contribution in [3.8, 4) is 11.5 Å². The van der Waals surface area contributed by atoms with Gasteiger partial charge in [0, 0.05) is 34.3 Å². The third kappa shape index (κ3) is 6.91. The van der Waals surface area contributed by atoms with E-state index in [0.29, 0.717) is 27.1 Å². The second-order valence-electron chi connectivity index (χ2n) is 9.69. The third-order valence-corrected chi connectivity index (χ3v) is 9.58. The molecule has 1 aliphatic heterocycles. The number of ether oxygens (including phenoxy) is 2. The van der Waals surface area contributed by atoms with E-state index in [1.54, 1.807) is 37.3 Å². The summed E-state index contributed by atoms with van der Waals surface area (Å²) in [6.07, 6.45) is 4.98. The zero-order chi connectivity index (χ0) is 28.2. The van der Waals surface area contributed by atoms with Gasteiger partial charge in [-0.05, 0) is 51.0 Å². The van der Waals surface area contributed by atoms with E-state index in [1.165, 1.54) is 17.9 Å². The number of halogens is 2. The average Bonchev–Trinajstić information content (AvgIpc) is 3.39. The lowest BCUT2D eigenvalue weighted by atomic mass is 9.95. The molecule has 1 aliphatic carbocycles. The first-order chi connectivity index (χ1) is 18.6. The highest BCUT2D eigenvalue weighted by atomic mass is 35.5. The molecule has 2 aromatic rings. The minimum absolute atomic E-state index is 0.0260. The Morgan fingerprint density at radius 1 is 1.05 bits per heavy atom. The van der Waals surface area contributed by atoms with Crippen LogP contribution in [-0.4, -0.2) is 56.3 Å². The molecule has 1 N–H and O–H groups in total. The van der Waals surface area contributed by atoms with Crippen molar-refractivity contribution in [3.63, 3.8) is 0 Å². The van der Waals surface area contributed by atoms with E-state index in [1.807, 2.05) is 0 Å². The van der Waals surface area contributed by atoms with Crippen LogP contribution in [0.4, 0.5) is 5.69 Å². The van der Waals surface area contributed by atoms with Crippen molar-refractivity contribution in [2.24, 2.45) is 0 Å². The molecule has 1 fully saturated rings. The van der Waals surface area contributed by atoms with Crippen LogP contribution in [0.5, 0.6) is 11.5 Å². The molecule has 4 rings (SSSR count). The second-order valence-corrected chi connectivity index (χ2v) is 12.7. The molecule has 2 aromatic carbocycles. The van der Waals surface area contributed by atoms with Crippen LogP contribution < -0.4 is 19.1 Å². The van der Waals surface area contributed by atoms with Gasteiger partial charge in [-0.3, -0.25) is 13.9 Å². The molecular weight excluding hydrogens is 565 g/mol. The Labute approximate surface area is 239 Å². The molecule has 0 radical (unpaired) electrons. The Bertz CT molecular complexity index is 1300. The van der Waals surface area contributed by atoms with Crippen LogP contribution in [0.3, 0.4) is 0 Å². The van der Waals surface area contributed by atoms with Crippen molar-refractivity contribution in [2.75, 3.05) is 23.4 Å². The Morgan fingerprint density at radius 2 is 1.72 bits per heavy atom. The first kappa shape index (κ1) is 29.3. The van der Waals surface area contributed by atoms with Crippen molar-refractivity contribution in [1.82, 2.24) is 10.2 Å². The maximum Gasteiger partial charge on any atom is 0.244 e. The number of anilines is 1. The predicted octanol–water partition coefficient (Wildman–Crippen LogP) is 4.74. The van der Waals surface area contributed by atoms with Crippen LogP contribution in [0, 0.1) is 0 Å². The van der Waals surface area contributed by atoms with Gasteiger partial charge < -0.3 is 19.7 Å². The normalized spacial score (nSPS) is 16.0. The largest absolute Gasteiger partial charge is 0.454 e. The van der Waals surface area contributed by atoms with E-state index in [-0.39, 0.29) is 36.7 Å². The molecule has 212 valence electrons. The number of nitrogens with one attached hydrogen (secondary N) is 1. The number of rotatable bonds is 10. The molecule has 1 heterocycles. The van der Waals surface area contributed by atoms with Gasteiger partial charge in [0.15, 0.2) is 11.5 Å². The summed E-state index contributed by atoms with van der Waals surface area (Å²) in [5, 5.41) is 3.75. The minimum Gasteiger partial charge on any atom is -0.454 e. The second kappa shape index (κ2) is 12.7.